The van der Waals surface area contributed by atoms with Crippen molar-refractivity contribution in [3.8, 4) is 11.5 Å². The SMILES string of the molecule is Cc1cc2c(cc1OC1CCC(C(=O)O)CC1)CCC(c1ccccc1C)O2. The number of aliphatic carboxylic acids is 1. The number of benzene rings is 2. The minimum absolute atomic E-state index is 0.103. The zero-order valence-electron chi connectivity index (χ0n) is 16.6. The third kappa shape index (κ3) is 3.87. The van der Waals surface area contributed by atoms with E-state index in [0.29, 0.717) is 12.8 Å². The van der Waals surface area contributed by atoms with Gasteiger partial charge >= 0.3 is 5.97 Å². The fraction of sp³-hybridized carbons (Fsp3) is 0.458. The minimum Gasteiger partial charge on any atom is -0.490 e. The molecule has 1 N–H and O–H groups in total. The molecular weight excluding hydrogens is 352 g/mol. The Bertz CT molecular complexity index is 865. The molecule has 1 saturated carbocycles. The zero-order chi connectivity index (χ0) is 19.7. The van der Waals surface area contributed by atoms with Crippen molar-refractivity contribution in [2.24, 2.45) is 5.92 Å². The second-order valence-corrected chi connectivity index (χ2v) is 8.16. The van der Waals surface area contributed by atoms with E-state index in [9.17, 15) is 4.79 Å². The van der Waals surface area contributed by atoms with Crippen LogP contribution in [-0.2, 0) is 11.2 Å². The van der Waals surface area contributed by atoms with Gasteiger partial charge in [0, 0.05) is 0 Å². The largest absolute Gasteiger partial charge is 0.490 e. The van der Waals surface area contributed by atoms with E-state index < -0.39 is 5.97 Å². The molecule has 4 heteroatoms. The van der Waals surface area contributed by atoms with E-state index in [-0.39, 0.29) is 18.1 Å². The smallest absolute Gasteiger partial charge is 0.306 e. The van der Waals surface area contributed by atoms with Crippen molar-refractivity contribution in [2.75, 3.05) is 0 Å². The molecule has 2 aromatic carbocycles. The number of carbonyl (C=O) groups is 1. The van der Waals surface area contributed by atoms with Gasteiger partial charge in [0.1, 0.15) is 17.6 Å². The molecule has 28 heavy (non-hydrogen) atoms. The van der Waals surface area contributed by atoms with Crippen LogP contribution in [-0.4, -0.2) is 17.2 Å². The lowest BCUT2D eigenvalue weighted by Gasteiger charge is -2.30. The van der Waals surface area contributed by atoms with Crippen LogP contribution in [0.1, 0.15) is 60.5 Å². The highest BCUT2D eigenvalue weighted by molar-refractivity contribution is 5.70. The van der Waals surface area contributed by atoms with Gasteiger partial charge < -0.3 is 14.6 Å². The standard InChI is InChI=1S/C24H28O4/c1-15-5-3-4-6-20(15)21-12-9-18-14-22(16(2)13-23(18)28-21)27-19-10-7-17(8-11-19)24(25)26/h3-6,13-14,17,19,21H,7-12H2,1-2H3,(H,25,26). The molecule has 4 rings (SSSR count). The Kier molecular flexibility index (Phi) is 5.29. The lowest BCUT2D eigenvalue weighted by molar-refractivity contribution is -0.143. The quantitative estimate of drug-likeness (QED) is 0.772. The molecule has 1 unspecified atom stereocenters. The lowest BCUT2D eigenvalue weighted by Crippen LogP contribution is -2.28. The van der Waals surface area contributed by atoms with Crippen LogP contribution < -0.4 is 9.47 Å². The third-order valence-corrected chi connectivity index (χ3v) is 6.16. The van der Waals surface area contributed by atoms with Gasteiger partial charge in [0.25, 0.3) is 0 Å². The van der Waals surface area contributed by atoms with Gasteiger partial charge in [-0.3, -0.25) is 4.79 Å². The number of aryl methyl sites for hydroxylation is 3. The summed E-state index contributed by atoms with van der Waals surface area (Å²) in [5.74, 6) is 0.981. The van der Waals surface area contributed by atoms with E-state index in [0.717, 1.165) is 42.7 Å². The Morgan fingerprint density at radius 3 is 2.50 bits per heavy atom. The van der Waals surface area contributed by atoms with Gasteiger partial charge in [-0.25, -0.2) is 0 Å². The average Bonchev–Trinajstić information content (AvgIpc) is 2.69. The summed E-state index contributed by atoms with van der Waals surface area (Å²) < 4.78 is 12.6. The number of ether oxygens (including phenoxy) is 2. The maximum absolute atomic E-state index is 11.1. The highest BCUT2D eigenvalue weighted by atomic mass is 16.5. The van der Waals surface area contributed by atoms with Crippen LogP contribution in [0.25, 0.3) is 0 Å². The molecule has 148 valence electrons. The molecular formula is C24H28O4. The molecule has 1 aliphatic heterocycles. The van der Waals surface area contributed by atoms with Crippen molar-refractivity contribution in [1.29, 1.82) is 0 Å². The Morgan fingerprint density at radius 1 is 1.04 bits per heavy atom. The molecule has 2 aliphatic rings. The second-order valence-electron chi connectivity index (χ2n) is 8.16. The molecule has 0 aromatic heterocycles. The van der Waals surface area contributed by atoms with Crippen LogP contribution in [0.3, 0.4) is 0 Å². The van der Waals surface area contributed by atoms with E-state index in [2.05, 4.69) is 50.2 Å². The Morgan fingerprint density at radius 2 is 1.79 bits per heavy atom. The molecule has 1 aliphatic carbocycles. The first kappa shape index (κ1) is 18.9. The molecule has 0 radical (unpaired) electrons. The van der Waals surface area contributed by atoms with Crippen molar-refractivity contribution in [2.45, 2.75) is 64.6 Å². The molecule has 1 heterocycles. The lowest BCUT2D eigenvalue weighted by atomic mass is 9.87. The highest BCUT2D eigenvalue weighted by Gasteiger charge is 2.28. The fourth-order valence-electron chi connectivity index (χ4n) is 4.41. The summed E-state index contributed by atoms with van der Waals surface area (Å²) in [6.07, 6.45) is 5.15. The van der Waals surface area contributed by atoms with Gasteiger partial charge in [-0.05, 0) is 86.8 Å². The number of carboxylic acid groups (broad SMARTS) is 1. The molecule has 0 bridgehead atoms. The molecule has 0 spiro atoms. The number of carboxylic acids is 1. The van der Waals surface area contributed by atoms with Crippen LogP contribution >= 0.6 is 0 Å². The molecule has 0 amide bonds. The maximum atomic E-state index is 11.1. The summed E-state index contributed by atoms with van der Waals surface area (Å²) in [7, 11) is 0. The molecule has 1 atom stereocenters. The predicted octanol–water partition coefficient (Wildman–Crippen LogP) is 5.39. The van der Waals surface area contributed by atoms with Crippen LogP contribution in [0.5, 0.6) is 11.5 Å². The van der Waals surface area contributed by atoms with Gasteiger partial charge in [0.05, 0.1) is 12.0 Å². The van der Waals surface area contributed by atoms with Crippen molar-refractivity contribution < 1.29 is 19.4 Å². The number of hydrogen-bond donors (Lipinski definition) is 1. The van der Waals surface area contributed by atoms with Crippen molar-refractivity contribution in [3.63, 3.8) is 0 Å². The fourth-order valence-corrected chi connectivity index (χ4v) is 4.41. The number of hydrogen-bond acceptors (Lipinski definition) is 3. The summed E-state index contributed by atoms with van der Waals surface area (Å²) >= 11 is 0. The van der Waals surface area contributed by atoms with Gasteiger partial charge in [-0.1, -0.05) is 24.3 Å². The van der Waals surface area contributed by atoms with Crippen molar-refractivity contribution >= 4 is 5.97 Å². The van der Waals surface area contributed by atoms with Gasteiger partial charge in [-0.2, -0.15) is 0 Å². The molecule has 1 fully saturated rings. The van der Waals surface area contributed by atoms with Gasteiger partial charge in [0.15, 0.2) is 0 Å². The van der Waals surface area contributed by atoms with Crippen LogP contribution in [0.15, 0.2) is 36.4 Å². The van der Waals surface area contributed by atoms with E-state index in [4.69, 9.17) is 14.6 Å². The molecule has 4 nitrogen and oxygen atoms in total. The van der Waals surface area contributed by atoms with E-state index in [1.165, 1.54) is 16.7 Å². The topological polar surface area (TPSA) is 55.8 Å². The Labute approximate surface area is 166 Å². The van der Waals surface area contributed by atoms with E-state index >= 15 is 0 Å². The van der Waals surface area contributed by atoms with Crippen LogP contribution in [0.2, 0.25) is 0 Å². The first-order valence-corrected chi connectivity index (χ1v) is 10.3. The van der Waals surface area contributed by atoms with Crippen molar-refractivity contribution in [3.05, 3.63) is 58.7 Å². The van der Waals surface area contributed by atoms with Gasteiger partial charge in [-0.15, -0.1) is 0 Å². The zero-order valence-corrected chi connectivity index (χ0v) is 16.6. The summed E-state index contributed by atoms with van der Waals surface area (Å²) in [6, 6.07) is 12.6. The summed E-state index contributed by atoms with van der Waals surface area (Å²) in [5.41, 5.74) is 4.81. The van der Waals surface area contributed by atoms with Crippen LogP contribution in [0.4, 0.5) is 0 Å². The second kappa shape index (κ2) is 7.86. The van der Waals surface area contributed by atoms with E-state index in [1.807, 2.05) is 0 Å². The van der Waals surface area contributed by atoms with Crippen LogP contribution in [0, 0.1) is 19.8 Å². The maximum Gasteiger partial charge on any atom is 0.306 e. The predicted molar refractivity (Wildman–Crippen MR) is 108 cm³/mol. The van der Waals surface area contributed by atoms with Crippen molar-refractivity contribution in [1.82, 2.24) is 0 Å². The normalized spacial score (nSPS) is 24.1. The summed E-state index contributed by atoms with van der Waals surface area (Å²) in [6.45, 7) is 4.19. The number of rotatable bonds is 4. The monoisotopic (exact) mass is 380 g/mol. The summed E-state index contributed by atoms with van der Waals surface area (Å²) in [5, 5.41) is 9.16. The minimum atomic E-state index is -0.677. The van der Waals surface area contributed by atoms with E-state index in [1.54, 1.807) is 0 Å². The molecule has 2 aromatic rings. The van der Waals surface area contributed by atoms with Gasteiger partial charge in [0.2, 0.25) is 0 Å². The summed E-state index contributed by atoms with van der Waals surface area (Å²) in [4.78, 5) is 11.1. The first-order valence-electron chi connectivity index (χ1n) is 10.3. The average molecular weight is 380 g/mol. The highest BCUT2D eigenvalue weighted by Crippen LogP contribution is 2.40. The number of fused-ring (bicyclic) bond motifs is 1. The first-order chi connectivity index (χ1) is 13.5. The Balaban J connectivity index is 1.46. The Hall–Kier alpha value is -2.49. The molecule has 0 saturated heterocycles. The third-order valence-electron chi connectivity index (χ3n) is 6.16.